The quantitative estimate of drug-likeness (QED) is 0.498. The molecule has 1 aliphatic rings. The summed E-state index contributed by atoms with van der Waals surface area (Å²) in [7, 11) is 0. The highest BCUT2D eigenvalue weighted by molar-refractivity contribution is 5.87. The summed E-state index contributed by atoms with van der Waals surface area (Å²) in [5.74, 6) is -1.86. The summed E-state index contributed by atoms with van der Waals surface area (Å²) in [5, 5.41) is 14.8. The van der Waals surface area contributed by atoms with Crippen LogP contribution in [0.1, 0.15) is 57.1 Å². The van der Waals surface area contributed by atoms with E-state index in [4.69, 9.17) is 4.74 Å². The van der Waals surface area contributed by atoms with Gasteiger partial charge in [-0.05, 0) is 42.0 Å². The molecule has 33 heavy (non-hydrogen) atoms. The lowest BCUT2D eigenvalue weighted by Gasteiger charge is -2.27. The third-order valence-corrected chi connectivity index (χ3v) is 6.26. The Kier molecular flexibility index (Phi) is 7.74. The van der Waals surface area contributed by atoms with Gasteiger partial charge in [-0.25, -0.2) is 9.59 Å². The van der Waals surface area contributed by atoms with Crippen molar-refractivity contribution in [1.29, 1.82) is 0 Å². The summed E-state index contributed by atoms with van der Waals surface area (Å²) in [6, 6.07) is 16.3. The van der Waals surface area contributed by atoms with Gasteiger partial charge in [0.2, 0.25) is 5.91 Å². The Bertz CT molecular complexity index is 976. The number of carbonyl (C=O) groups excluding carboxylic acids is 2. The van der Waals surface area contributed by atoms with Crippen molar-refractivity contribution in [3.63, 3.8) is 0 Å². The molecule has 0 saturated heterocycles. The molecule has 1 aliphatic carbocycles. The molecule has 0 bridgehead atoms. The SMILES string of the molecule is CCCC(C)(NC(=O)C(C)CCNC(=O)OCC1c2ccccc2-c2ccccc21)C(=O)O. The highest BCUT2D eigenvalue weighted by Crippen LogP contribution is 2.44. The Morgan fingerprint density at radius 2 is 1.64 bits per heavy atom. The van der Waals surface area contributed by atoms with Gasteiger partial charge < -0.3 is 20.5 Å². The number of carboxylic acid groups (broad SMARTS) is 1. The van der Waals surface area contributed by atoms with E-state index in [9.17, 15) is 19.5 Å². The van der Waals surface area contributed by atoms with E-state index >= 15 is 0 Å². The summed E-state index contributed by atoms with van der Waals surface area (Å²) in [6.45, 7) is 5.57. The van der Waals surface area contributed by atoms with Crippen LogP contribution in [0.15, 0.2) is 48.5 Å². The molecule has 3 rings (SSSR count). The Balaban J connectivity index is 1.48. The largest absolute Gasteiger partial charge is 0.480 e. The number of amides is 2. The average Bonchev–Trinajstić information content (AvgIpc) is 3.11. The number of carboxylic acids is 1. The first-order valence-corrected chi connectivity index (χ1v) is 11.4. The third-order valence-electron chi connectivity index (χ3n) is 6.26. The standard InChI is InChI=1S/C26H32N2O5/c1-4-14-26(3,24(30)31)28-23(29)17(2)13-15-27-25(32)33-16-22-20-11-7-5-9-18(20)19-10-6-8-12-21(19)22/h5-12,17,22H,4,13-16H2,1-3H3,(H,27,32)(H,28,29)(H,30,31). The van der Waals surface area contributed by atoms with E-state index in [0.717, 1.165) is 11.1 Å². The van der Waals surface area contributed by atoms with Crippen molar-refractivity contribution in [2.24, 2.45) is 5.92 Å². The van der Waals surface area contributed by atoms with Gasteiger partial charge in [0, 0.05) is 18.4 Å². The first kappa shape index (κ1) is 24.3. The maximum atomic E-state index is 12.4. The third kappa shape index (κ3) is 5.53. The second-order valence-corrected chi connectivity index (χ2v) is 8.82. The summed E-state index contributed by atoms with van der Waals surface area (Å²) in [5.41, 5.74) is 3.33. The van der Waals surface area contributed by atoms with E-state index in [1.807, 2.05) is 31.2 Å². The highest BCUT2D eigenvalue weighted by Gasteiger charge is 2.35. The minimum absolute atomic E-state index is 0.0138. The van der Waals surface area contributed by atoms with E-state index in [1.165, 1.54) is 18.1 Å². The Morgan fingerprint density at radius 1 is 1.06 bits per heavy atom. The predicted molar refractivity (Wildman–Crippen MR) is 126 cm³/mol. The fourth-order valence-electron chi connectivity index (χ4n) is 4.29. The van der Waals surface area contributed by atoms with Crippen molar-refractivity contribution in [2.45, 2.75) is 51.5 Å². The number of nitrogens with one attached hydrogen (secondary N) is 2. The van der Waals surface area contributed by atoms with Gasteiger partial charge in [0.15, 0.2) is 0 Å². The number of fused-ring (bicyclic) bond motifs is 3. The lowest BCUT2D eigenvalue weighted by Crippen LogP contribution is -2.53. The molecule has 0 aliphatic heterocycles. The molecular formula is C26H32N2O5. The van der Waals surface area contributed by atoms with E-state index < -0.39 is 23.5 Å². The molecule has 176 valence electrons. The van der Waals surface area contributed by atoms with E-state index in [0.29, 0.717) is 19.3 Å². The fourth-order valence-corrected chi connectivity index (χ4v) is 4.29. The zero-order chi connectivity index (χ0) is 24.0. The molecule has 0 fully saturated rings. The van der Waals surface area contributed by atoms with Crippen molar-refractivity contribution in [3.8, 4) is 11.1 Å². The maximum absolute atomic E-state index is 12.4. The van der Waals surface area contributed by atoms with Crippen LogP contribution in [0.3, 0.4) is 0 Å². The van der Waals surface area contributed by atoms with Crippen LogP contribution in [0.2, 0.25) is 0 Å². The molecule has 0 heterocycles. The minimum Gasteiger partial charge on any atom is -0.480 e. The Hall–Kier alpha value is -3.35. The summed E-state index contributed by atoms with van der Waals surface area (Å²) in [4.78, 5) is 36.2. The monoisotopic (exact) mass is 452 g/mol. The first-order chi connectivity index (χ1) is 15.8. The van der Waals surface area contributed by atoms with Crippen molar-refractivity contribution >= 4 is 18.0 Å². The molecule has 2 atom stereocenters. The first-order valence-electron chi connectivity index (χ1n) is 11.4. The number of hydrogen-bond donors (Lipinski definition) is 3. The second kappa shape index (κ2) is 10.5. The van der Waals surface area contributed by atoms with Gasteiger partial charge in [0.1, 0.15) is 12.1 Å². The predicted octanol–water partition coefficient (Wildman–Crippen LogP) is 4.31. The van der Waals surface area contributed by atoms with Gasteiger partial charge in [0.25, 0.3) is 0 Å². The van der Waals surface area contributed by atoms with Gasteiger partial charge in [0.05, 0.1) is 0 Å². The summed E-state index contributed by atoms with van der Waals surface area (Å²) < 4.78 is 5.50. The average molecular weight is 453 g/mol. The van der Waals surface area contributed by atoms with Crippen LogP contribution in [0.4, 0.5) is 4.79 Å². The fraction of sp³-hybridized carbons (Fsp3) is 0.423. The van der Waals surface area contributed by atoms with Crippen molar-refractivity contribution in [1.82, 2.24) is 10.6 Å². The topological polar surface area (TPSA) is 105 Å². The molecule has 7 nitrogen and oxygen atoms in total. The number of carbonyl (C=O) groups is 3. The second-order valence-electron chi connectivity index (χ2n) is 8.82. The molecular weight excluding hydrogens is 420 g/mol. The van der Waals surface area contributed by atoms with Crippen LogP contribution in [0, 0.1) is 5.92 Å². The zero-order valence-corrected chi connectivity index (χ0v) is 19.4. The van der Waals surface area contributed by atoms with Crippen LogP contribution >= 0.6 is 0 Å². The van der Waals surface area contributed by atoms with E-state index in [2.05, 4.69) is 34.9 Å². The smallest absolute Gasteiger partial charge is 0.407 e. The van der Waals surface area contributed by atoms with Gasteiger partial charge in [-0.3, -0.25) is 4.79 Å². The van der Waals surface area contributed by atoms with E-state index in [-0.39, 0.29) is 25.0 Å². The van der Waals surface area contributed by atoms with E-state index in [1.54, 1.807) is 6.92 Å². The molecule has 2 aromatic rings. The number of hydrogen-bond acceptors (Lipinski definition) is 4. The molecule has 2 amide bonds. The van der Waals surface area contributed by atoms with Crippen molar-refractivity contribution in [2.75, 3.05) is 13.2 Å². The van der Waals surface area contributed by atoms with Crippen LogP contribution in [-0.4, -0.2) is 41.8 Å². The number of alkyl carbamates (subject to hydrolysis) is 1. The van der Waals surface area contributed by atoms with Gasteiger partial charge in [-0.15, -0.1) is 0 Å². The highest BCUT2D eigenvalue weighted by atomic mass is 16.5. The number of ether oxygens (including phenoxy) is 1. The molecule has 0 aromatic heterocycles. The molecule has 0 saturated carbocycles. The zero-order valence-electron chi connectivity index (χ0n) is 19.4. The number of benzene rings is 2. The van der Waals surface area contributed by atoms with Crippen molar-refractivity contribution in [3.05, 3.63) is 59.7 Å². The molecule has 3 N–H and O–H groups in total. The Labute approximate surface area is 194 Å². The molecule has 7 heteroatoms. The number of aliphatic carboxylic acids is 1. The van der Waals surface area contributed by atoms with Crippen LogP contribution in [0.5, 0.6) is 0 Å². The summed E-state index contributed by atoms with van der Waals surface area (Å²) >= 11 is 0. The molecule has 2 aromatic carbocycles. The lowest BCUT2D eigenvalue weighted by atomic mass is 9.94. The van der Waals surface area contributed by atoms with Crippen LogP contribution in [-0.2, 0) is 14.3 Å². The van der Waals surface area contributed by atoms with Crippen LogP contribution < -0.4 is 10.6 Å². The normalized spacial score (nSPS) is 15.0. The minimum atomic E-state index is -1.29. The summed E-state index contributed by atoms with van der Waals surface area (Å²) in [6.07, 6.45) is 0.822. The number of rotatable bonds is 10. The molecule has 0 spiro atoms. The van der Waals surface area contributed by atoms with Gasteiger partial charge in [-0.1, -0.05) is 68.8 Å². The lowest BCUT2D eigenvalue weighted by molar-refractivity contribution is -0.147. The van der Waals surface area contributed by atoms with Crippen LogP contribution in [0.25, 0.3) is 11.1 Å². The maximum Gasteiger partial charge on any atom is 0.407 e. The molecule has 2 unspecified atom stereocenters. The molecule has 0 radical (unpaired) electrons. The van der Waals surface area contributed by atoms with Gasteiger partial charge in [-0.2, -0.15) is 0 Å². The van der Waals surface area contributed by atoms with Crippen molar-refractivity contribution < 1.29 is 24.2 Å². The Morgan fingerprint density at radius 3 is 2.18 bits per heavy atom. The van der Waals surface area contributed by atoms with Gasteiger partial charge >= 0.3 is 12.1 Å².